The van der Waals surface area contributed by atoms with E-state index in [1.807, 2.05) is 6.92 Å². The molecule has 1 fully saturated rings. The number of nitrogens with one attached hydrogen (secondary N) is 1. The molecule has 2 unspecified atom stereocenters. The van der Waals surface area contributed by atoms with Gasteiger partial charge in [-0.05, 0) is 25.7 Å². The van der Waals surface area contributed by atoms with E-state index >= 15 is 0 Å². The van der Waals surface area contributed by atoms with Crippen molar-refractivity contribution in [2.75, 3.05) is 19.7 Å². The van der Waals surface area contributed by atoms with Crippen LogP contribution in [0.5, 0.6) is 0 Å². The molecular formula is C13H22N2O5. The van der Waals surface area contributed by atoms with Gasteiger partial charge in [0.1, 0.15) is 12.6 Å². The van der Waals surface area contributed by atoms with Gasteiger partial charge in [0.15, 0.2) is 0 Å². The van der Waals surface area contributed by atoms with E-state index in [0.717, 1.165) is 12.8 Å². The van der Waals surface area contributed by atoms with Crippen molar-refractivity contribution in [3.8, 4) is 0 Å². The Hall–Kier alpha value is -1.79. The van der Waals surface area contributed by atoms with Crippen molar-refractivity contribution in [2.24, 2.45) is 5.92 Å². The highest BCUT2D eigenvalue weighted by Gasteiger charge is 2.35. The van der Waals surface area contributed by atoms with Gasteiger partial charge >= 0.3 is 18.0 Å². The smallest absolute Gasteiger partial charge is 0.326 e. The summed E-state index contributed by atoms with van der Waals surface area (Å²) in [5.74, 6) is -1.21. The Kier molecular flexibility index (Phi) is 6.27. The zero-order valence-corrected chi connectivity index (χ0v) is 11.9. The molecule has 1 saturated heterocycles. The van der Waals surface area contributed by atoms with E-state index in [9.17, 15) is 19.5 Å². The summed E-state index contributed by atoms with van der Waals surface area (Å²) >= 11 is 0. The van der Waals surface area contributed by atoms with Crippen LogP contribution in [-0.2, 0) is 14.3 Å². The van der Waals surface area contributed by atoms with Crippen molar-refractivity contribution in [3.05, 3.63) is 0 Å². The quantitative estimate of drug-likeness (QED) is 0.730. The molecule has 7 heteroatoms. The molecule has 0 saturated carbocycles. The minimum Gasteiger partial charge on any atom is -0.480 e. The number of hydrogen-bond acceptors (Lipinski definition) is 4. The Morgan fingerprint density at radius 3 is 2.60 bits per heavy atom. The Morgan fingerprint density at radius 2 is 2.05 bits per heavy atom. The molecule has 20 heavy (non-hydrogen) atoms. The Bertz CT molecular complexity index is 372. The average molecular weight is 286 g/mol. The number of hydrogen-bond donors (Lipinski definition) is 2. The number of ether oxygens (including phenoxy) is 1. The van der Waals surface area contributed by atoms with Crippen molar-refractivity contribution in [1.82, 2.24) is 10.2 Å². The van der Waals surface area contributed by atoms with E-state index < -0.39 is 24.0 Å². The van der Waals surface area contributed by atoms with Crippen molar-refractivity contribution in [2.45, 2.75) is 39.2 Å². The Morgan fingerprint density at radius 1 is 1.35 bits per heavy atom. The summed E-state index contributed by atoms with van der Waals surface area (Å²) in [6, 6.07) is -1.35. The number of nitrogens with zero attached hydrogens (tertiary/aromatic N) is 1. The second-order valence-corrected chi connectivity index (χ2v) is 4.81. The first-order valence-electron chi connectivity index (χ1n) is 6.92. The number of amides is 2. The second-order valence-electron chi connectivity index (χ2n) is 4.81. The third-order valence-corrected chi connectivity index (χ3v) is 3.52. The van der Waals surface area contributed by atoms with Crippen LogP contribution in [0.3, 0.4) is 0 Å². The number of carbonyl (C=O) groups is 3. The van der Waals surface area contributed by atoms with Crippen LogP contribution in [0.25, 0.3) is 0 Å². The van der Waals surface area contributed by atoms with E-state index in [2.05, 4.69) is 5.32 Å². The summed E-state index contributed by atoms with van der Waals surface area (Å²) in [6.45, 7) is 4.08. The van der Waals surface area contributed by atoms with Gasteiger partial charge in [0.25, 0.3) is 0 Å². The summed E-state index contributed by atoms with van der Waals surface area (Å²) in [5.41, 5.74) is 0. The molecular weight excluding hydrogens is 264 g/mol. The monoisotopic (exact) mass is 286 g/mol. The average Bonchev–Trinajstić information content (AvgIpc) is 2.44. The molecule has 2 N–H and O–H groups in total. The number of likely N-dealkylation sites (tertiary alicyclic amines) is 1. The van der Waals surface area contributed by atoms with Gasteiger partial charge in [0.05, 0.1) is 6.61 Å². The van der Waals surface area contributed by atoms with Gasteiger partial charge in [-0.25, -0.2) is 9.59 Å². The van der Waals surface area contributed by atoms with E-state index in [-0.39, 0.29) is 13.2 Å². The summed E-state index contributed by atoms with van der Waals surface area (Å²) in [4.78, 5) is 35.7. The molecule has 1 rings (SSSR count). The number of carboxylic acid groups (broad SMARTS) is 1. The molecule has 0 spiro atoms. The van der Waals surface area contributed by atoms with E-state index in [4.69, 9.17) is 4.74 Å². The number of piperidine rings is 1. The first kappa shape index (κ1) is 16.3. The minimum atomic E-state index is -1.01. The van der Waals surface area contributed by atoms with Crippen LogP contribution in [0, 0.1) is 5.92 Å². The van der Waals surface area contributed by atoms with Gasteiger partial charge in [-0.2, -0.15) is 0 Å². The highest BCUT2D eigenvalue weighted by atomic mass is 16.5. The van der Waals surface area contributed by atoms with Gasteiger partial charge in [-0.3, -0.25) is 4.79 Å². The summed E-state index contributed by atoms with van der Waals surface area (Å²) in [6.07, 6.45) is 2.15. The number of aliphatic carboxylic acids is 1. The predicted octanol–water partition coefficient (Wildman–Crippen LogP) is 0.834. The molecule has 0 aromatic heterocycles. The lowest BCUT2D eigenvalue weighted by Crippen LogP contribution is -2.54. The normalized spacial score (nSPS) is 22.2. The molecule has 0 bridgehead atoms. The van der Waals surface area contributed by atoms with Gasteiger partial charge in [-0.15, -0.1) is 0 Å². The van der Waals surface area contributed by atoms with Crippen LogP contribution in [-0.4, -0.2) is 53.7 Å². The molecule has 0 radical (unpaired) electrons. The lowest BCUT2D eigenvalue weighted by molar-refractivity contribution is -0.144. The Labute approximate surface area is 118 Å². The second kappa shape index (κ2) is 7.72. The summed E-state index contributed by atoms with van der Waals surface area (Å²) in [5, 5.41) is 11.6. The fourth-order valence-electron chi connectivity index (χ4n) is 2.35. The first-order chi connectivity index (χ1) is 9.49. The maximum Gasteiger partial charge on any atom is 0.326 e. The molecule has 1 aliphatic heterocycles. The SMILES string of the molecule is CCOC(=O)CNC(=O)N1CCC(CC)CC1C(=O)O. The highest BCUT2D eigenvalue weighted by Crippen LogP contribution is 2.25. The predicted molar refractivity (Wildman–Crippen MR) is 71.2 cm³/mol. The van der Waals surface area contributed by atoms with Crippen LogP contribution in [0.1, 0.15) is 33.1 Å². The van der Waals surface area contributed by atoms with Crippen molar-refractivity contribution >= 4 is 18.0 Å². The molecule has 0 aromatic carbocycles. The number of esters is 1. The van der Waals surface area contributed by atoms with Crippen LogP contribution in [0.15, 0.2) is 0 Å². The lowest BCUT2D eigenvalue weighted by atomic mass is 9.89. The maximum absolute atomic E-state index is 12.0. The largest absolute Gasteiger partial charge is 0.480 e. The van der Waals surface area contributed by atoms with Gasteiger partial charge in [0.2, 0.25) is 0 Å². The zero-order chi connectivity index (χ0) is 15.1. The number of carbonyl (C=O) groups excluding carboxylic acids is 2. The number of rotatable bonds is 5. The van der Waals surface area contributed by atoms with E-state index in [0.29, 0.717) is 18.9 Å². The third-order valence-electron chi connectivity index (χ3n) is 3.52. The highest BCUT2D eigenvalue weighted by molar-refractivity contribution is 5.85. The van der Waals surface area contributed by atoms with Crippen molar-refractivity contribution < 1.29 is 24.2 Å². The first-order valence-corrected chi connectivity index (χ1v) is 6.92. The molecule has 2 amide bonds. The van der Waals surface area contributed by atoms with Crippen molar-refractivity contribution in [1.29, 1.82) is 0 Å². The molecule has 114 valence electrons. The third kappa shape index (κ3) is 4.40. The van der Waals surface area contributed by atoms with Crippen molar-refractivity contribution in [3.63, 3.8) is 0 Å². The molecule has 2 atom stereocenters. The molecule has 7 nitrogen and oxygen atoms in total. The van der Waals surface area contributed by atoms with Crippen LogP contribution in [0.2, 0.25) is 0 Å². The maximum atomic E-state index is 12.0. The number of carboxylic acids is 1. The van der Waals surface area contributed by atoms with Gasteiger partial charge < -0.3 is 20.1 Å². The topological polar surface area (TPSA) is 95.9 Å². The Balaban J connectivity index is 2.56. The van der Waals surface area contributed by atoms with Crippen LogP contribution >= 0.6 is 0 Å². The number of urea groups is 1. The molecule has 1 heterocycles. The van der Waals surface area contributed by atoms with E-state index in [1.54, 1.807) is 6.92 Å². The van der Waals surface area contributed by atoms with E-state index in [1.165, 1.54) is 4.90 Å². The summed E-state index contributed by atoms with van der Waals surface area (Å²) in [7, 11) is 0. The van der Waals surface area contributed by atoms with Gasteiger partial charge in [-0.1, -0.05) is 13.3 Å². The fourth-order valence-corrected chi connectivity index (χ4v) is 2.35. The van der Waals surface area contributed by atoms with Crippen LogP contribution in [0.4, 0.5) is 4.79 Å². The molecule has 0 aliphatic carbocycles. The molecule has 1 aliphatic rings. The minimum absolute atomic E-state index is 0.243. The summed E-state index contributed by atoms with van der Waals surface area (Å²) < 4.78 is 4.70. The molecule has 0 aromatic rings. The lowest BCUT2D eigenvalue weighted by Gasteiger charge is -2.36. The zero-order valence-electron chi connectivity index (χ0n) is 11.9. The standard InChI is InChI=1S/C13H22N2O5/c1-3-9-5-6-15(10(7-9)12(17)18)13(19)14-8-11(16)20-4-2/h9-10H,3-8H2,1-2H3,(H,14,19)(H,17,18). The fraction of sp³-hybridized carbons (Fsp3) is 0.769. The van der Waals surface area contributed by atoms with Gasteiger partial charge in [0, 0.05) is 6.54 Å². The van der Waals surface area contributed by atoms with Crippen LogP contribution < -0.4 is 5.32 Å².